The molecule has 0 spiro atoms. The van der Waals surface area contributed by atoms with Crippen LogP contribution in [0.4, 0.5) is 0 Å². The van der Waals surface area contributed by atoms with E-state index in [9.17, 15) is 0 Å². The molecule has 22 heavy (non-hydrogen) atoms. The molecule has 1 aromatic rings. The Balaban J connectivity index is 1.39. The molecule has 0 bridgehead atoms. The first-order valence-electron chi connectivity index (χ1n) is 8.88. The van der Waals surface area contributed by atoms with E-state index in [-0.39, 0.29) is 0 Å². The van der Waals surface area contributed by atoms with Crippen molar-refractivity contribution in [2.24, 2.45) is 5.92 Å². The van der Waals surface area contributed by atoms with Crippen LogP contribution in [-0.4, -0.2) is 43.7 Å². The lowest BCUT2D eigenvalue weighted by atomic mass is 9.88. The first-order valence-corrected chi connectivity index (χ1v) is 8.88. The molecule has 3 nitrogen and oxygen atoms in total. The van der Waals surface area contributed by atoms with E-state index in [2.05, 4.69) is 42.3 Å². The lowest BCUT2D eigenvalue weighted by molar-refractivity contribution is 0.141. The molecule has 1 unspecified atom stereocenters. The highest BCUT2D eigenvalue weighted by atomic mass is 16.5. The number of aryl methyl sites for hydroxylation is 2. The maximum absolute atomic E-state index is 5.99. The molecular formula is C19H30N2O. The maximum Gasteiger partial charge on any atom is 0.122 e. The summed E-state index contributed by atoms with van der Waals surface area (Å²) in [6.07, 6.45) is 5.46. The van der Waals surface area contributed by atoms with Crippen LogP contribution in [0, 0.1) is 19.8 Å². The number of benzene rings is 1. The highest BCUT2D eigenvalue weighted by molar-refractivity contribution is 5.35. The average Bonchev–Trinajstić information content (AvgIpc) is 3.06. The molecule has 3 heteroatoms. The fourth-order valence-electron chi connectivity index (χ4n) is 3.84. The maximum atomic E-state index is 5.99. The third kappa shape index (κ3) is 4.02. The summed E-state index contributed by atoms with van der Waals surface area (Å²) in [5.41, 5.74) is 2.50. The smallest absolute Gasteiger partial charge is 0.122 e. The molecule has 0 amide bonds. The minimum absolute atomic E-state index is 0.799. The molecule has 2 heterocycles. The summed E-state index contributed by atoms with van der Waals surface area (Å²) in [6, 6.07) is 7.23. The first kappa shape index (κ1) is 15.8. The van der Waals surface area contributed by atoms with Crippen molar-refractivity contribution in [1.82, 2.24) is 10.2 Å². The van der Waals surface area contributed by atoms with Crippen molar-refractivity contribution in [1.29, 1.82) is 0 Å². The van der Waals surface area contributed by atoms with E-state index in [1.54, 1.807) is 0 Å². The van der Waals surface area contributed by atoms with Gasteiger partial charge in [0.15, 0.2) is 0 Å². The number of hydrogen-bond acceptors (Lipinski definition) is 3. The third-order valence-corrected chi connectivity index (χ3v) is 5.31. The largest absolute Gasteiger partial charge is 0.492 e. The van der Waals surface area contributed by atoms with E-state index >= 15 is 0 Å². The van der Waals surface area contributed by atoms with E-state index < -0.39 is 0 Å². The molecule has 0 aromatic heterocycles. The predicted molar refractivity (Wildman–Crippen MR) is 91.6 cm³/mol. The molecule has 3 rings (SSSR count). The van der Waals surface area contributed by atoms with Crippen molar-refractivity contribution in [3.8, 4) is 5.75 Å². The zero-order chi connectivity index (χ0) is 15.4. The second-order valence-corrected chi connectivity index (χ2v) is 7.00. The van der Waals surface area contributed by atoms with E-state index in [0.717, 1.165) is 30.9 Å². The highest BCUT2D eigenvalue weighted by Gasteiger charge is 2.28. The molecule has 0 radical (unpaired) electrons. The first-order chi connectivity index (χ1) is 10.7. The topological polar surface area (TPSA) is 24.5 Å². The lowest BCUT2D eigenvalue weighted by Crippen LogP contribution is -2.42. The van der Waals surface area contributed by atoms with Crippen molar-refractivity contribution in [3.05, 3.63) is 29.3 Å². The number of likely N-dealkylation sites (tertiary alicyclic amines) is 1. The Bertz CT molecular complexity index is 474. The van der Waals surface area contributed by atoms with Crippen LogP contribution in [-0.2, 0) is 0 Å². The van der Waals surface area contributed by atoms with E-state index in [0.29, 0.717) is 0 Å². The SMILES string of the molecule is Cc1ccc(C)c(OCCN2CCC(C3CCCN3)CC2)c1. The van der Waals surface area contributed by atoms with Gasteiger partial charge in [-0.05, 0) is 82.3 Å². The highest BCUT2D eigenvalue weighted by Crippen LogP contribution is 2.25. The van der Waals surface area contributed by atoms with Crippen LogP contribution in [0.1, 0.15) is 36.8 Å². The third-order valence-electron chi connectivity index (χ3n) is 5.31. The van der Waals surface area contributed by atoms with Gasteiger partial charge in [0, 0.05) is 12.6 Å². The summed E-state index contributed by atoms with van der Waals surface area (Å²) in [5.74, 6) is 1.95. The van der Waals surface area contributed by atoms with Crippen molar-refractivity contribution in [2.45, 2.75) is 45.6 Å². The van der Waals surface area contributed by atoms with E-state index in [1.807, 2.05) is 0 Å². The Hall–Kier alpha value is -1.06. The molecule has 0 aliphatic carbocycles. The van der Waals surface area contributed by atoms with Gasteiger partial charge in [-0.25, -0.2) is 0 Å². The fourth-order valence-corrected chi connectivity index (χ4v) is 3.84. The Morgan fingerprint density at radius 1 is 1.18 bits per heavy atom. The Kier molecular flexibility index (Phi) is 5.37. The van der Waals surface area contributed by atoms with Crippen LogP contribution >= 0.6 is 0 Å². The molecule has 2 fully saturated rings. The molecule has 1 atom stereocenters. The van der Waals surface area contributed by atoms with Gasteiger partial charge in [0.05, 0.1) is 0 Å². The molecule has 0 saturated carbocycles. The summed E-state index contributed by atoms with van der Waals surface area (Å²) in [6.45, 7) is 9.80. The normalized spacial score (nSPS) is 23.8. The van der Waals surface area contributed by atoms with Crippen LogP contribution < -0.4 is 10.1 Å². The van der Waals surface area contributed by atoms with Crippen molar-refractivity contribution in [2.75, 3.05) is 32.8 Å². The van der Waals surface area contributed by atoms with Crippen molar-refractivity contribution >= 4 is 0 Å². The zero-order valence-electron chi connectivity index (χ0n) is 14.1. The molecular weight excluding hydrogens is 272 g/mol. The summed E-state index contributed by atoms with van der Waals surface area (Å²) >= 11 is 0. The number of nitrogens with one attached hydrogen (secondary N) is 1. The van der Waals surface area contributed by atoms with Gasteiger partial charge in [-0.2, -0.15) is 0 Å². The van der Waals surface area contributed by atoms with Gasteiger partial charge >= 0.3 is 0 Å². The minimum Gasteiger partial charge on any atom is -0.492 e. The molecule has 2 aliphatic rings. The number of hydrogen-bond donors (Lipinski definition) is 1. The van der Waals surface area contributed by atoms with Crippen LogP contribution in [0.15, 0.2) is 18.2 Å². The molecule has 1 N–H and O–H groups in total. The average molecular weight is 302 g/mol. The summed E-state index contributed by atoms with van der Waals surface area (Å²) in [4.78, 5) is 2.57. The number of piperidine rings is 1. The fraction of sp³-hybridized carbons (Fsp3) is 0.684. The Morgan fingerprint density at radius 2 is 2.00 bits per heavy atom. The Labute approximate surface area is 135 Å². The second-order valence-electron chi connectivity index (χ2n) is 7.00. The minimum atomic E-state index is 0.799. The molecule has 2 aliphatic heterocycles. The predicted octanol–water partition coefficient (Wildman–Crippen LogP) is 3.15. The second kappa shape index (κ2) is 7.47. The molecule has 1 aromatic carbocycles. The number of nitrogens with zero attached hydrogens (tertiary/aromatic N) is 1. The van der Waals surface area contributed by atoms with E-state index in [4.69, 9.17) is 4.74 Å². The van der Waals surface area contributed by atoms with Crippen molar-refractivity contribution in [3.63, 3.8) is 0 Å². The monoisotopic (exact) mass is 302 g/mol. The Morgan fingerprint density at radius 3 is 2.73 bits per heavy atom. The summed E-state index contributed by atoms with van der Waals surface area (Å²) in [7, 11) is 0. The van der Waals surface area contributed by atoms with Gasteiger partial charge in [0.1, 0.15) is 12.4 Å². The standard InChI is InChI=1S/C19H30N2O/c1-15-5-6-16(2)19(14-15)22-13-12-21-10-7-17(8-11-21)18-4-3-9-20-18/h5-6,14,17-18,20H,3-4,7-13H2,1-2H3. The van der Waals surface area contributed by atoms with Gasteiger partial charge in [-0.1, -0.05) is 12.1 Å². The summed E-state index contributed by atoms with van der Waals surface area (Å²) in [5, 5.41) is 3.67. The van der Waals surface area contributed by atoms with Crippen LogP contribution in [0.25, 0.3) is 0 Å². The van der Waals surface area contributed by atoms with Gasteiger partial charge in [-0.3, -0.25) is 4.90 Å². The number of rotatable bonds is 5. The van der Waals surface area contributed by atoms with Gasteiger partial charge in [-0.15, -0.1) is 0 Å². The molecule has 2 saturated heterocycles. The van der Waals surface area contributed by atoms with Crippen LogP contribution in [0.5, 0.6) is 5.75 Å². The van der Waals surface area contributed by atoms with Gasteiger partial charge in [0.25, 0.3) is 0 Å². The quantitative estimate of drug-likeness (QED) is 0.904. The summed E-state index contributed by atoms with van der Waals surface area (Å²) < 4.78 is 5.99. The van der Waals surface area contributed by atoms with Crippen molar-refractivity contribution < 1.29 is 4.74 Å². The van der Waals surface area contributed by atoms with E-state index in [1.165, 1.54) is 56.4 Å². The number of ether oxygens (including phenoxy) is 1. The lowest BCUT2D eigenvalue weighted by Gasteiger charge is -2.34. The van der Waals surface area contributed by atoms with Gasteiger partial charge < -0.3 is 10.1 Å². The zero-order valence-corrected chi connectivity index (χ0v) is 14.1. The molecule has 122 valence electrons. The van der Waals surface area contributed by atoms with Gasteiger partial charge in [0.2, 0.25) is 0 Å². The van der Waals surface area contributed by atoms with Crippen LogP contribution in [0.2, 0.25) is 0 Å². The van der Waals surface area contributed by atoms with Crippen LogP contribution in [0.3, 0.4) is 0 Å².